The zero-order valence-corrected chi connectivity index (χ0v) is 18.2. The Balaban J connectivity index is 1.28. The molecule has 0 aromatic heterocycles. The Labute approximate surface area is 181 Å². The Kier molecular flexibility index (Phi) is 9.70. The Morgan fingerprint density at radius 2 is 1.63 bits per heavy atom. The quantitative estimate of drug-likeness (QED) is 0.357. The summed E-state index contributed by atoms with van der Waals surface area (Å²) in [5.74, 6) is 0.871. The van der Waals surface area contributed by atoms with Crippen LogP contribution in [0.25, 0.3) is 0 Å². The predicted molar refractivity (Wildman–Crippen MR) is 125 cm³/mol. The number of nitrogens with zero attached hydrogens (tertiary/aromatic N) is 2. The van der Waals surface area contributed by atoms with E-state index in [1.165, 1.54) is 11.1 Å². The van der Waals surface area contributed by atoms with Crippen molar-refractivity contribution in [3.63, 3.8) is 0 Å². The maximum atomic E-state index is 6.13. The molecular weight excluding hydrogens is 372 g/mol. The lowest BCUT2D eigenvalue weighted by Gasteiger charge is -2.32. The van der Waals surface area contributed by atoms with Gasteiger partial charge in [0.2, 0.25) is 0 Å². The molecule has 0 bridgehead atoms. The van der Waals surface area contributed by atoms with Crippen molar-refractivity contribution >= 4 is 5.96 Å². The van der Waals surface area contributed by atoms with Crippen molar-refractivity contribution in [2.24, 2.45) is 4.99 Å². The highest BCUT2D eigenvalue weighted by Crippen LogP contribution is 2.16. The number of piperidine rings is 1. The smallest absolute Gasteiger partial charge is 0.191 e. The van der Waals surface area contributed by atoms with Crippen LogP contribution in [-0.2, 0) is 17.8 Å². The highest BCUT2D eigenvalue weighted by molar-refractivity contribution is 5.79. The molecule has 0 spiro atoms. The van der Waals surface area contributed by atoms with E-state index in [0.29, 0.717) is 12.6 Å². The molecule has 0 unspecified atom stereocenters. The van der Waals surface area contributed by atoms with Crippen LogP contribution < -0.4 is 10.6 Å². The van der Waals surface area contributed by atoms with Gasteiger partial charge in [-0.15, -0.1) is 0 Å². The lowest BCUT2D eigenvalue weighted by molar-refractivity contribution is 0.00534. The van der Waals surface area contributed by atoms with Crippen LogP contribution in [0.15, 0.2) is 65.7 Å². The first-order chi connectivity index (χ1) is 14.8. The van der Waals surface area contributed by atoms with Gasteiger partial charge in [0.05, 0.1) is 12.6 Å². The first-order valence-electron chi connectivity index (χ1n) is 11.3. The van der Waals surface area contributed by atoms with E-state index in [9.17, 15) is 0 Å². The Bertz CT molecular complexity index is 727. The fraction of sp³-hybridized carbons (Fsp3) is 0.480. The molecule has 0 amide bonds. The van der Waals surface area contributed by atoms with Crippen molar-refractivity contribution in [1.82, 2.24) is 15.5 Å². The molecule has 0 atom stereocenters. The summed E-state index contributed by atoms with van der Waals surface area (Å²) in [5.41, 5.74) is 2.62. The minimum Gasteiger partial charge on any atom is -0.378 e. The summed E-state index contributed by atoms with van der Waals surface area (Å²) in [5, 5.41) is 6.72. The second-order valence-electron chi connectivity index (χ2n) is 7.79. The van der Waals surface area contributed by atoms with Crippen molar-refractivity contribution in [2.45, 2.75) is 45.4 Å². The number of ether oxygens (including phenoxy) is 1. The van der Waals surface area contributed by atoms with E-state index < -0.39 is 0 Å². The van der Waals surface area contributed by atoms with Gasteiger partial charge in [0.25, 0.3) is 0 Å². The molecule has 1 heterocycles. The topological polar surface area (TPSA) is 48.9 Å². The molecule has 0 radical (unpaired) electrons. The van der Waals surface area contributed by atoms with E-state index in [-0.39, 0.29) is 0 Å². The Morgan fingerprint density at radius 3 is 2.30 bits per heavy atom. The standard InChI is InChI=1S/C25H36N4O/c1-2-26-25(28-20-22-10-5-3-6-11-22)27-16-9-19-30-24-14-17-29(18-15-24)21-23-12-7-4-8-13-23/h3-8,10-13,24H,2,9,14-21H2,1H3,(H2,26,27,28). The fourth-order valence-corrected chi connectivity index (χ4v) is 3.70. The average molecular weight is 409 g/mol. The van der Waals surface area contributed by atoms with Crippen molar-refractivity contribution in [1.29, 1.82) is 0 Å². The van der Waals surface area contributed by atoms with Gasteiger partial charge in [-0.05, 0) is 37.3 Å². The molecule has 1 aliphatic rings. The second-order valence-corrected chi connectivity index (χ2v) is 7.79. The first kappa shape index (κ1) is 22.3. The van der Waals surface area contributed by atoms with Crippen molar-refractivity contribution in [3.8, 4) is 0 Å². The molecule has 30 heavy (non-hydrogen) atoms. The fourth-order valence-electron chi connectivity index (χ4n) is 3.70. The SMILES string of the molecule is CCNC(=NCc1ccccc1)NCCCOC1CCN(Cc2ccccc2)CC1. The van der Waals surface area contributed by atoms with Gasteiger partial charge in [0.1, 0.15) is 0 Å². The van der Waals surface area contributed by atoms with E-state index in [1.54, 1.807) is 0 Å². The molecule has 1 saturated heterocycles. The normalized spacial score (nSPS) is 15.8. The Morgan fingerprint density at radius 1 is 0.967 bits per heavy atom. The third kappa shape index (κ3) is 8.17. The van der Waals surface area contributed by atoms with Gasteiger partial charge < -0.3 is 15.4 Å². The monoisotopic (exact) mass is 408 g/mol. The molecule has 2 aromatic carbocycles. The van der Waals surface area contributed by atoms with Crippen LogP contribution in [0.2, 0.25) is 0 Å². The largest absolute Gasteiger partial charge is 0.378 e. The van der Waals surface area contributed by atoms with E-state index >= 15 is 0 Å². The van der Waals surface area contributed by atoms with Crippen LogP contribution in [0.5, 0.6) is 0 Å². The van der Waals surface area contributed by atoms with Gasteiger partial charge in [0, 0.05) is 39.3 Å². The summed E-state index contributed by atoms with van der Waals surface area (Å²) in [6.07, 6.45) is 3.64. The summed E-state index contributed by atoms with van der Waals surface area (Å²) in [7, 11) is 0. The molecule has 1 fully saturated rings. The van der Waals surface area contributed by atoms with Crippen LogP contribution in [0.1, 0.15) is 37.3 Å². The third-order valence-electron chi connectivity index (χ3n) is 5.36. The van der Waals surface area contributed by atoms with E-state index in [4.69, 9.17) is 4.74 Å². The first-order valence-corrected chi connectivity index (χ1v) is 11.3. The van der Waals surface area contributed by atoms with Crippen LogP contribution >= 0.6 is 0 Å². The van der Waals surface area contributed by atoms with Crippen molar-refractivity contribution in [3.05, 3.63) is 71.8 Å². The molecule has 2 aromatic rings. The van der Waals surface area contributed by atoms with E-state index in [1.807, 2.05) is 6.07 Å². The van der Waals surface area contributed by atoms with Gasteiger partial charge in [0.15, 0.2) is 5.96 Å². The third-order valence-corrected chi connectivity index (χ3v) is 5.36. The average Bonchev–Trinajstić information content (AvgIpc) is 2.79. The Hall–Kier alpha value is -2.37. The van der Waals surface area contributed by atoms with E-state index in [0.717, 1.165) is 64.6 Å². The molecular formula is C25H36N4O. The molecule has 0 aliphatic carbocycles. The number of nitrogens with one attached hydrogen (secondary N) is 2. The molecule has 5 heteroatoms. The minimum atomic E-state index is 0.400. The van der Waals surface area contributed by atoms with Gasteiger partial charge in [-0.1, -0.05) is 60.7 Å². The molecule has 1 aliphatic heterocycles. The molecule has 162 valence electrons. The predicted octanol–water partition coefficient (Wildman–Crippen LogP) is 3.81. The summed E-state index contributed by atoms with van der Waals surface area (Å²) in [6.45, 7) is 8.60. The highest BCUT2D eigenvalue weighted by atomic mass is 16.5. The number of guanidine groups is 1. The van der Waals surface area contributed by atoms with Gasteiger partial charge in [-0.3, -0.25) is 4.90 Å². The van der Waals surface area contributed by atoms with Gasteiger partial charge in [-0.2, -0.15) is 0 Å². The minimum absolute atomic E-state index is 0.400. The number of likely N-dealkylation sites (tertiary alicyclic amines) is 1. The maximum Gasteiger partial charge on any atom is 0.191 e. The number of benzene rings is 2. The van der Waals surface area contributed by atoms with Gasteiger partial charge in [-0.25, -0.2) is 4.99 Å². The lowest BCUT2D eigenvalue weighted by Crippen LogP contribution is -2.38. The van der Waals surface area contributed by atoms with E-state index in [2.05, 4.69) is 82.0 Å². The molecule has 3 rings (SSSR count). The number of rotatable bonds is 10. The highest BCUT2D eigenvalue weighted by Gasteiger charge is 2.19. The zero-order valence-electron chi connectivity index (χ0n) is 18.2. The summed E-state index contributed by atoms with van der Waals surface area (Å²) >= 11 is 0. The van der Waals surface area contributed by atoms with Crippen LogP contribution in [-0.4, -0.2) is 49.7 Å². The van der Waals surface area contributed by atoms with Crippen LogP contribution in [0.4, 0.5) is 0 Å². The molecule has 2 N–H and O–H groups in total. The summed E-state index contributed by atoms with van der Waals surface area (Å²) in [6, 6.07) is 21.1. The zero-order chi connectivity index (χ0) is 20.9. The lowest BCUT2D eigenvalue weighted by atomic mass is 10.1. The van der Waals surface area contributed by atoms with Crippen LogP contribution in [0.3, 0.4) is 0 Å². The number of hydrogen-bond acceptors (Lipinski definition) is 3. The second kappa shape index (κ2) is 13.0. The summed E-state index contributed by atoms with van der Waals surface area (Å²) < 4.78 is 6.13. The summed E-state index contributed by atoms with van der Waals surface area (Å²) in [4.78, 5) is 7.19. The maximum absolute atomic E-state index is 6.13. The molecule has 0 saturated carbocycles. The number of aliphatic imine (C=N–C) groups is 1. The number of hydrogen-bond donors (Lipinski definition) is 2. The van der Waals surface area contributed by atoms with Crippen molar-refractivity contribution in [2.75, 3.05) is 32.8 Å². The van der Waals surface area contributed by atoms with Crippen LogP contribution in [0, 0.1) is 0 Å². The van der Waals surface area contributed by atoms with Gasteiger partial charge >= 0.3 is 0 Å². The molecule has 5 nitrogen and oxygen atoms in total. The van der Waals surface area contributed by atoms with Crippen molar-refractivity contribution < 1.29 is 4.74 Å².